The van der Waals surface area contributed by atoms with Crippen LogP contribution in [0.25, 0.3) is 11.3 Å². The Kier molecular flexibility index (Phi) is 1.77. The lowest BCUT2D eigenvalue weighted by molar-refractivity contribution is 0.427. The molecule has 0 aliphatic rings. The van der Waals surface area contributed by atoms with Gasteiger partial charge in [-0.1, -0.05) is 17.3 Å². The summed E-state index contributed by atoms with van der Waals surface area (Å²) in [5.41, 5.74) is 8.23. The van der Waals surface area contributed by atoms with Crippen molar-refractivity contribution in [3.05, 3.63) is 36.0 Å². The molecule has 1 aromatic carbocycles. The molecular weight excluding hydrogens is 164 g/mol. The second kappa shape index (κ2) is 2.94. The van der Waals surface area contributed by atoms with E-state index in [0.717, 1.165) is 17.0 Å². The smallest absolute Gasteiger partial charge is 0.169 e. The van der Waals surface area contributed by atoms with E-state index in [-0.39, 0.29) is 0 Å². The summed E-state index contributed by atoms with van der Waals surface area (Å²) in [7, 11) is 0. The molecule has 0 aliphatic heterocycles. The molecule has 0 atom stereocenters. The number of nitrogens with zero attached hydrogens (tertiary/aromatic N) is 1. The standard InChI is InChI=1S/C10H10N2O/c1-7-6-10(13-12-7)8-4-2-3-5-9(8)11/h2-6H,11H2,1H3. The zero-order valence-electron chi connectivity index (χ0n) is 7.32. The highest BCUT2D eigenvalue weighted by molar-refractivity contribution is 5.72. The highest BCUT2D eigenvalue weighted by atomic mass is 16.5. The van der Waals surface area contributed by atoms with E-state index in [9.17, 15) is 0 Å². The van der Waals surface area contributed by atoms with Gasteiger partial charge in [-0.2, -0.15) is 0 Å². The number of aromatic nitrogens is 1. The Morgan fingerprint density at radius 1 is 1.31 bits per heavy atom. The molecule has 1 aromatic heterocycles. The average molecular weight is 174 g/mol. The van der Waals surface area contributed by atoms with Crippen molar-refractivity contribution < 1.29 is 4.52 Å². The van der Waals surface area contributed by atoms with Crippen LogP contribution in [0, 0.1) is 6.92 Å². The first kappa shape index (κ1) is 7.86. The zero-order chi connectivity index (χ0) is 9.26. The molecule has 0 aliphatic carbocycles. The van der Waals surface area contributed by atoms with Crippen LogP contribution in [-0.4, -0.2) is 5.16 Å². The number of rotatable bonds is 1. The number of nitrogens with two attached hydrogens (primary N) is 1. The number of para-hydroxylation sites is 1. The maximum absolute atomic E-state index is 5.77. The van der Waals surface area contributed by atoms with E-state index in [1.54, 1.807) is 0 Å². The lowest BCUT2D eigenvalue weighted by Gasteiger charge is -1.98. The number of anilines is 1. The van der Waals surface area contributed by atoms with Crippen molar-refractivity contribution in [3.63, 3.8) is 0 Å². The maximum Gasteiger partial charge on any atom is 0.169 e. The van der Waals surface area contributed by atoms with Crippen molar-refractivity contribution in [2.45, 2.75) is 6.92 Å². The van der Waals surface area contributed by atoms with Crippen LogP contribution in [0.5, 0.6) is 0 Å². The summed E-state index contributed by atoms with van der Waals surface area (Å²) in [6.07, 6.45) is 0. The molecule has 3 nitrogen and oxygen atoms in total. The first-order chi connectivity index (χ1) is 6.27. The van der Waals surface area contributed by atoms with E-state index in [4.69, 9.17) is 10.3 Å². The predicted octanol–water partition coefficient (Wildman–Crippen LogP) is 2.23. The van der Waals surface area contributed by atoms with E-state index in [1.165, 1.54) is 0 Å². The van der Waals surface area contributed by atoms with E-state index >= 15 is 0 Å². The Morgan fingerprint density at radius 3 is 2.69 bits per heavy atom. The van der Waals surface area contributed by atoms with Crippen LogP contribution in [0.1, 0.15) is 5.69 Å². The van der Waals surface area contributed by atoms with Gasteiger partial charge in [0.25, 0.3) is 0 Å². The lowest BCUT2D eigenvalue weighted by Crippen LogP contribution is -1.87. The van der Waals surface area contributed by atoms with Crippen LogP contribution >= 0.6 is 0 Å². The Morgan fingerprint density at radius 2 is 2.08 bits per heavy atom. The molecule has 0 saturated heterocycles. The van der Waals surface area contributed by atoms with E-state index in [1.807, 2.05) is 37.3 Å². The lowest BCUT2D eigenvalue weighted by atomic mass is 10.1. The molecule has 0 saturated carbocycles. The second-order valence-electron chi connectivity index (χ2n) is 2.92. The topological polar surface area (TPSA) is 52.0 Å². The Balaban J connectivity index is 2.52. The van der Waals surface area contributed by atoms with Crippen molar-refractivity contribution >= 4 is 5.69 Å². The molecule has 2 aromatic rings. The SMILES string of the molecule is Cc1cc(-c2ccccc2N)on1. The van der Waals surface area contributed by atoms with Gasteiger partial charge >= 0.3 is 0 Å². The molecule has 0 radical (unpaired) electrons. The van der Waals surface area contributed by atoms with Crippen LogP contribution in [0.4, 0.5) is 5.69 Å². The minimum Gasteiger partial charge on any atom is -0.398 e. The Hall–Kier alpha value is -1.77. The molecule has 3 heteroatoms. The summed E-state index contributed by atoms with van der Waals surface area (Å²) in [5, 5.41) is 3.80. The van der Waals surface area contributed by atoms with Crippen molar-refractivity contribution in [1.29, 1.82) is 0 Å². The third-order valence-electron chi connectivity index (χ3n) is 1.85. The van der Waals surface area contributed by atoms with Gasteiger partial charge in [0.15, 0.2) is 5.76 Å². The first-order valence-electron chi connectivity index (χ1n) is 4.05. The number of benzene rings is 1. The number of nitrogen functional groups attached to an aromatic ring is 1. The molecule has 2 N–H and O–H groups in total. The van der Waals surface area contributed by atoms with Gasteiger partial charge in [-0.3, -0.25) is 0 Å². The highest BCUT2D eigenvalue weighted by Crippen LogP contribution is 2.25. The Labute approximate surface area is 76.2 Å². The Bertz CT molecular complexity index is 420. The fourth-order valence-corrected chi connectivity index (χ4v) is 1.21. The molecule has 66 valence electrons. The van der Waals surface area contributed by atoms with Crippen LogP contribution < -0.4 is 5.73 Å². The van der Waals surface area contributed by atoms with Crippen molar-refractivity contribution in [1.82, 2.24) is 5.16 Å². The van der Waals surface area contributed by atoms with Gasteiger partial charge in [-0.15, -0.1) is 0 Å². The molecule has 1 heterocycles. The van der Waals surface area contributed by atoms with E-state index < -0.39 is 0 Å². The summed E-state index contributed by atoms with van der Waals surface area (Å²) in [4.78, 5) is 0. The quantitative estimate of drug-likeness (QED) is 0.674. The van der Waals surface area contributed by atoms with Gasteiger partial charge in [0.1, 0.15) is 0 Å². The van der Waals surface area contributed by atoms with Crippen molar-refractivity contribution in [2.24, 2.45) is 0 Å². The monoisotopic (exact) mass is 174 g/mol. The van der Waals surface area contributed by atoms with Crippen molar-refractivity contribution in [3.8, 4) is 11.3 Å². The number of hydrogen-bond acceptors (Lipinski definition) is 3. The molecule has 2 rings (SSSR count). The molecular formula is C10H10N2O. The molecule has 0 fully saturated rings. The molecule has 13 heavy (non-hydrogen) atoms. The third-order valence-corrected chi connectivity index (χ3v) is 1.85. The maximum atomic E-state index is 5.77. The fourth-order valence-electron chi connectivity index (χ4n) is 1.21. The predicted molar refractivity (Wildman–Crippen MR) is 51.1 cm³/mol. The average Bonchev–Trinajstić information content (AvgIpc) is 2.53. The molecule has 0 amide bonds. The van der Waals surface area contributed by atoms with Crippen molar-refractivity contribution in [2.75, 3.05) is 5.73 Å². The first-order valence-corrected chi connectivity index (χ1v) is 4.05. The van der Waals surface area contributed by atoms with Gasteiger partial charge in [-0.25, -0.2) is 0 Å². The van der Waals surface area contributed by atoms with Crippen LogP contribution in [0.3, 0.4) is 0 Å². The zero-order valence-corrected chi connectivity index (χ0v) is 7.32. The van der Waals surface area contributed by atoms with Gasteiger partial charge in [0.05, 0.1) is 5.69 Å². The second-order valence-corrected chi connectivity index (χ2v) is 2.92. The summed E-state index contributed by atoms with van der Waals surface area (Å²) in [5.74, 6) is 0.718. The van der Waals surface area contributed by atoms with Gasteiger partial charge in [-0.05, 0) is 19.1 Å². The van der Waals surface area contributed by atoms with Gasteiger partial charge in [0.2, 0.25) is 0 Å². The van der Waals surface area contributed by atoms with Gasteiger partial charge in [0, 0.05) is 17.3 Å². The van der Waals surface area contributed by atoms with Crippen LogP contribution in [0.15, 0.2) is 34.9 Å². The number of hydrogen-bond donors (Lipinski definition) is 1. The highest BCUT2D eigenvalue weighted by Gasteiger charge is 2.06. The summed E-state index contributed by atoms with van der Waals surface area (Å²) in [6.45, 7) is 1.88. The number of aryl methyl sites for hydroxylation is 1. The normalized spacial score (nSPS) is 10.2. The van der Waals surface area contributed by atoms with Gasteiger partial charge < -0.3 is 10.3 Å². The fraction of sp³-hybridized carbons (Fsp3) is 0.100. The van der Waals surface area contributed by atoms with Crippen LogP contribution in [0.2, 0.25) is 0 Å². The molecule has 0 spiro atoms. The summed E-state index contributed by atoms with van der Waals surface area (Å²) >= 11 is 0. The summed E-state index contributed by atoms with van der Waals surface area (Å²) < 4.78 is 5.10. The third kappa shape index (κ3) is 1.40. The van der Waals surface area contributed by atoms with E-state index in [2.05, 4.69) is 5.16 Å². The molecule has 0 bridgehead atoms. The van der Waals surface area contributed by atoms with E-state index in [0.29, 0.717) is 5.69 Å². The van der Waals surface area contributed by atoms with Crippen LogP contribution in [-0.2, 0) is 0 Å². The molecule has 0 unspecified atom stereocenters. The minimum absolute atomic E-state index is 0.707. The largest absolute Gasteiger partial charge is 0.398 e. The summed E-state index contributed by atoms with van der Waals surface area (Å²) in [6, 6.07) is 9.43. The minimum atomic E-state index is 0.707.